The van der Waals surface area contributed by atoms with Gasteiger partial charge in [0.25, 0.3) is 0 Å². The minimum atomic E-state index is -1.03. The van der Waals surface area contributed by atoms with Crippen molar-refractivity contribution < 1.29 is 19.1 Å². The lowest BCUT2D eigenvalue weighted by molar-refractivity contribution is 0.0695. The van der Waals surface area contributed by atoms with Crippen LogP contribution in [0.5, 0.6) is 0 Å². The first kappa shape index (κ1) is 15.4. The van der Waals surface area contributed by atoms with Crippen molar-refractivity contribution in [2.45, 2.75) is 52.1 Å². The first-order chi connectivity index (χ1) is 9.97. The molecule has 1 aliphatic carbocycles. The van der Waals surface area contributed by atoms with E-state index in [0.29, 0.717) is 17.4 Å². The fourth-order valence-corrected chi connectivity index (χ4v) is 2.84. The Morgan fingerprint density at radius 2 is 2.10 bits per heavy atom. The summed E-state index contributed by atoms with van der Waals surface area (Å²) in [7, 11) is 0. The van der Waals surface area contributed by atoms with Crippen LogP contribution < -0.4 is 10.6 Å². The molecule has 0 spiro atoms. The largest absolute Gasteiger partial charge is 0.478 e. The molecule has 1 unspecified atom stereocenters. The predicted octanol–water partition coefficient (Wildman–Crippen LogP) is 2.66. The van der Waals surface area contributed by atoms with Crippen LogP contribution in [0.3, 0.4) is 0 Å². The molecule has 1 saturated carbocycles. The highest BCUT2D eigenvalue weighted by atomic mass is 16.4. The van der Waals surface area contributed by atoms with Crippen molar-refractivity contribution >= 4 is 12.0 Å². The summed E-state index contributed by atoms with van der Waals surface area (Å²) in [5, 5.41) is 14.6. The molecule has 1 aliphatic rings. The molecule has 6 nitrogen and oxygen atoms in total. The Labute approximate surface area is 123 Å². The zero-order valence-corrected chi connectivity index (χ0v) is 12.4. The van der Waals surface area contributed by atoms with Crippen LogP contribution in [-0.4, -0.2) is 23.1 Å². The van der Waals surface area contributed by atoms with Crippen molar-refractivity contribution in [3.05, 3.63) is 23.2 Å². The zero-order valence-electron chi connectivity index (χ0n) is 12.4. The molecule has 21 heavy (non-hydrogen) atoms. The number of carboxylic acid groups (broad SMARTS) is 1. The Balaban J connectivity index is 1.80. The average molecular weight is 294 g/mol. The first-order valence-corrected chi connectivity index (χ1v) is 7.34. The zero-order chi connectivity index (χ0) is 15.4. The van der Waals surface area contributed by atoms with E-state index in [1.165, 1.54) is 31.7 Å². The Kier molecular flexibility index (Phi) is 4.88. The smallest absolute Gasteiger partial charge is 0.339 e. The summed E-state index contributed by atoms with van der Waals surface area (Å²) >= 11 is 0. The maximum absolute atomic E-state index is 11.8. The van der Waals surface area contributed by atoms with Crippen LogP contribution in [-0.2, 0) is 6.54 Å². The fraction of sp³-hybridized carbons (Fsp3) is 0.600. The number of amides is 2. The van der Waals surface area contributed by atoms with E-state index in [4.69, 9.17) is 9.52 Å². The van der Waals surface area contributed by atoms with Crippen LogP contribution in [0.2, 0.25) is 0 Å². The van der Waals surface area contributed by atoms with Crippen molar-refractivity contribution in [3.8, 4) is 0 Å². The molecule has 0 aliphatic heterocycles. The van der Waals surface area contributed by atoms with Gasteiger partial charge in [-0.05, 0) is 38.7 Å². The normalized spacial score (nSPS) is 16.7. The molecule has 1 atom stereocenters. The predicted molar refractivity (Wildman–Crippen MR) is 77.2 cm³/mol. The molecule has 1 fully saturated rings. The maximum atomic E-state index is 11.8. The third kappa shape index (κ3) is 4.00. The molecule has 0 saturated heterocycles. The second-order valence-corrected chi connectivity index (χ2v) is 5.65. The third-order valence-electron chi connectivity index (χ3n) is 4.09. The van der Waals surface area contributed by atoms with Gasteiger partial charge in [0, 0.05) is 6.04 Å². The quantitative estimate of drug-likeness (QED) is 0.778. The topological polar surface area (TPSA) is 91.6 Å². The van der Waals surface area contributed by atoms with Crippen molar-refractivity contribution in [2.75, 3.05) is 0 Å². The van der Waals surface area contributed by atoms with Crippen molar-refractivity contribution in [1.82, 2.24) is 10.6 Å². The van der Waals surface area contributed by atoms with Crippen LogP contribution in [0, 0.1) is 12.8 Å². The van der Waals surface area contributed by atoms with Gasteiger partial charge in [0.1, 0.15) is 17.1 Å². The maximum Gasteiger partial charge on any atom is 0.339 e. The van der Waals surface area contributed by atoms with E-state index in [9.17, 15) is 9.59 Å². The van der Waals surface area contributed by atoms with Crippen LogP contribution in [0.15, 0.2) is 10.5 Å². The van der Waals surface area contributed by atoms with Gasteiger partial charge in [-0.1, -0.05) is 12.8 Å². The van der Waals surface area contributed by atoms with Gasteiger partial charge < -0.3 is 20.2 Å². The van der Waals surface area contributed by atoms with Gasteiger partial charge in [0.15, 0.2) is 0 Å². The summed E-state index contributed by atoms with van der Waals surface area (Å²) in [6.07, 6.45) is 4.81. The molecule has 1 aromatic rings. The number of hydrogen-bond donors (Lipinski definition) is 3. The molecule has 1 heterocycles. The number of hydrogen-bond acceptors (Lipinski definition) is 3. The second kappa shape index (κ2) is 6.65. The number of urea groups is 1. The monoisotopic (exact) mass is 294 g/mol. The number of carbonyl (C=O) groups is 2. The van der Waals surface area contributed by atoms with Gasteiger partial charge in [-0.3, -0.25) is 0 Å². The van der Waals surface area contributed by atoms with Gasteiger partial charge in [-0.25, -0.2) is 9.59 Å². The number of aromatic carboxylic acids is 1. The minimum absolute atomic E-state index is 0.131. The SMILES string of the molecule is Cc1oc(CNC(=O)NC(C)C2CCCC2)cc1C(=O)O. The highest BCUT2D eigenvalue weighted by molar-refractivity contribution is 5.88. The molecule has 0 bridgehead atoms. The van der Waals surface area contributed by atoms with E-state index in [1.807, 2.05) is 6.92 Å². The van der Waals surface area contributed by atoms with E-state index >= 15 is 0 Å². The van der Waals surface area contributed by atoms with Crippen LogP contribution in [0.4, 0.5) is 4.79 Å². The van der Waals surface area contributed by atoms with Crippen molar-refractivity contribution in [3.63, 3.8) is 0 Å². The molecule has 1 aromatic heterocycles. The van der Waals surface area contributed by atoms with E-state index < -0.39 is 5.97 Å². The number of nitrogens with one attached hydrogen (secondary N) is 2. The molecule has 0 aromatic carbocycles. The summed E-state index contributed by atoms with van der Waals surface area (Å²) in [4.78, 5) is 22.7. The highest BCUT2D eigenvalue weighted by Crippen LogP contribution is 2.27. The highest BCUT2D eigenvalue weighted by Gasteiger charge is 2.22. The Morgan fingerprint density at radius 3 is 2.67 bits per heavy atom. The summed E-state index contributed by atoms with van der Waals surface area (Å²) in [5.41, 5.74) is 0.131. The lowest BCUT2D eigenvalue weighted by atomic mass is 10.0. The second-order valence-electron chi connectivity index (χ2n) is 5.65. The van der Waals surface area contributed by atoms with Crippen LogP contribution >= 0.6 is 0 Å². The fourth-order valence-electron chi connectivity index (χ4n) is 2.84. The van der Waals surface area contributed by atoms with Gasteiger partial charge in [-0.2, -0.15) is 0 Å². The van der Waals surface area contributed by atoms with Gasteiger partial charge in [0.2, 0.25) is 0 Å². The molecule has 3 N–H and O–H groups in total. The summed E-state index contributed by atoms with van der Waals surface area (Å²) in [6.45, 7) is 3.79. The van der Waals surface area contributed by atoms with Gasteiger partial charge in [0.05, 0.1) is 6.54 Å². The number of carbonyl (C=O) groups excluding carboxylic acids is 1. The number of aryl methyl sites for hydroxylation is 1. The van der Waals surface area contributed by atoms with Crippen LogP contribution in [0.25, 0.3) is 0 Å². The molecule has 6 heteroatoms. The molecule has 0 radical (unpaired) electrons. The Morgan fingerprint density at radius 1 is 1.43 bits per heavy atom. The summed E-state index contributed by atoms with van der Waals surface area (Å²) < 4.78 is 5.31. The molecule has 116 valence electrons. The Bertz CT molecular complexity index is 518. The standard InChI is InChI=1S/C15H22N2O4/c1-9(11-5-3-4-6-11)17-15(20)16-8-12-7-13(14(18)19)10(2)21-12/h7,9,11H,3-6,8H2,1-2H3,(H,18,19)(H2,16,17,20). The van der Waals surface area contributed by atoms with Crippen LogP contribution in [0.1, 0.15) is 54.5 Å². The number of furan rings is 1. The van der Waals surface area contributed by atoms with E-state index in [0.717, 1.165) is 0 Å². The minimum Gasteiger partial charge on any atom is -0.478 e. The van der Waals surface area contributed by atoms with Gasteiger partial charge in [-0.15, -0.1) is 0 Å². The lowest BCUT2D eigenvalue weighted by Crippen LogP contribution is -2.43. The lowest BCUT2D eigenvalue weighted by Gasteiger charge is -2.20. The molecule has 2 rings (SSSR count). The van der Waals surface area contributed by atoms with E-state index in [-0.39, 0.29) is 24.2 Å². The van der Waals surface area contributed by atoms with E-state index in [2.05, 4.69) is 10.6 Å². The molecular formula is C15H22N2O4. The van der Waals surface area contributed by atoms with Crippen molar-refractivity contribution in [1.29, 1.82) is 0 Å². The first-order valence-electron chi connectivity index (χ1n) is 7.34. The third-order valence-corrected chi connectivity index (χ3v) is 4.09. The van der Waals surface area contributed by atoms with Crippen molar-refractivity contribution in [2.24, 2.45) is 5.92 Å². The number of rotatable bonds is 5. The molecule has 2 amide bonds. The summed E-state index contributed by atoms with van der Waals surface area (Å²) in [5.74, 6) is 0.314. The Hall–Kier alpha value is -1.98. The molecular weight excluding hydrogens is 272 g/mol. The number of carboxylic acids is 1. The summed E-state index contributed by atoms with van der Waals surface area (Å²) in [6, 6.07) is 1.35. The average Bonchev–Trinajstić information content (AvgIpc) is 3.05. The van der Waals surface area contributed by atoms with E-state index in [1.54, 1.807) is 6.92 Å². The van der Waals surface area contributed by atoms with Gasteiger partial charge >= 0.3 is 12.0 Å².